The van der Waals surface area contributed by atoms with Crippen molar-refractivity contribution >= 4 is 17.0 Å². The molecule has 0 spiro atoms. The Morgan fingerprint density at radius 2 is 2.19 bits per heavy atom. The lowest BCUT2D eigenvalue weighted by molar-refractivity contribution is -0.150. The minimum absolute atomic E-state index is 0.105. The van der Waals surface area contributed by atoms with E-state index in [0.29, 0.717) is 19.5 Å². The Labute approximate surface area is 122 Å². The summed E-state index contributed by atoms with van der Waals surface area (Å²) in [7, 11) is 1.91. The number of aliphatic hydroxyl groups is 1. The number of piperidine rings is 1. The summed E-state index contributed by atoms with van der Waals surface area (Å²) in [5.41, 5.74) is 2.00. The predicted octanol–water partition coefficient (Wildman–Crippen LogP) is 0.802. The van der Waals surface area contributed by atoms with Gasteiger partial charge < -0.3 is 19.7 Å². The molecule has 1 aliphatic rings. The van der Waals surface area contributed by atoms with E-state index in [9.17, 15) is 9.90 Å². The highest BCUT2D eigenvalue weighted by atomic mass is 16.4. The molecule has 21 heavy (non-hydrogen) atoms. The molecular formula is C15H19N3O3. The van der Waals surface area contributed by atoms with Gasteiger partial charge in [0.15, 0.2) is 0 Å². The first-order valence-corrected chi connectivity index (χ1v) is 7.07. The van der Waals surface area contributed by atoms with Gasteiger partial charge in [-0.3, -0.25) is 4.79 Å². The summed E-state index contributed by atoms with van der Waals surface area (Å²) >= 11 is 0. The van der Waals surface area contributed by atoms with Gasteiger partial charge in [-0.15, -0.1) is 0 Å². The van der Waals surface area contributed by atoms with Crippen molar-refractivity contribution in [2.45, 2.75) is 25.1 Å². The van der Waals surface area contributed by atoms with Crippen molar-refractivity contribution in [3.05, 3.63) is 30.6 Å². The summed E-state index contributed by atoms with van der Waals surface area (Å²) in [6.45, 7) is 1.06. The van der Waals surface area contributed by atoms with Gasteiger partial charge >= 0.3 is 5.97 Å². The molecule has 0 radical (unpaired) electrons. The SMILES string of the molecule is CN1CC(C(=O)O)C(O)CC1Cn1cnc2ccccc21. The zero-order valence-corrected chi connectivity index (χ0v) is 11.9. The Balaban J connectivity index is 1.78. The number of rotatable bonds is 3. The summed E-state index contributed by atoms with van der Waals surface area (Å²) in [4.78, 5) is 17.5. The van der Waals surface area contributed by atoms with E-state index in [1.807, 2.05) is 36.2 Å². The van der Waals surface area contributed by atoms with Crippen LogP contribution in [0.4, 0.5) is 0 Å². The third-order valence-corrected chi connectivity index (χ3v) is 4.34. The van der Waals surface area contributed by atoms with Gasteiger partial charge in [-0.1, -0.05) is 12.1 Å². The average Bonchev–Trinajstić information content (AvgIpc) is 2.85. The van der Waals surface area contributed by atoms with Crippen molar-refractivity contribution in [3.63, 3.8) is 0 Å². The number of hydrogen-bond acceptors (Lipinski definition) is 4. The first kappa shape index (κ1) is 14.0. The second kappa shape index (κ2) is 5.46. The second-order valence-corrected chi connectivity index (χ2v) is 5.73. The molecular weight excluding hydrogens is 270 g/mol. The molecule has 0 amide bonds. The third-order valence-electron chi connectivity index (χ3n) is 4.34. The lowest BCUT2D eigenvalue weighted by Crippen LogP contribution is -2.51. The maximum atomic E-state index is 11.1. The van der Waals surface area contributed by atoms with Gasteiger partial charge in [-0.25, -0.2) is 4.98 Å². The highest BCUT2D eigenvalue weighted by Crippen LogP contribution is 2.24. The van der Waals surface area contributed by atoms with Gasteiger partial charge in [-0.05, 0) is 25.6 Å². The molecule has 2 N–H and O–H groups in total. The van der Waals surface area contributed by atoms with Crippen molar-refractivity contribution in [1.82, 2.24) is 14.5 Å². The number of hydrogen-bond donors (Lipinski definition) is 2. The van der Waals surface area contributed by atoms with E-state index in [2.05, 4.69) is 9.55 Å². The summed E-state index contributed by atoms with van der Waals surface area (Å²) in [6.07, 6.45) is 1.47. The number of aliphatic carboxylic acids is 1. The fraction of sp³-hybridized carbons (Fsp3) is 0.467. The highest BCUT2D eigenvalue weighted by Gasteiger charge is 2.37. The minimum atomic E-state index is -0.930. The largest absolute Gasteiger partial charge is 0.481 e. The molecule has 6 nitrogen and oxygen atoms in total. The molecule has 1 aromatic carbocycles. The summed E-state index contributed by atoms with van der Waals surface area (Å²) in [5, 5.41) is 19.1. The van der Waals surface area contributed by atoms with Crippen molar-refractivity contribution < 1.29 is 15.0 Å². The first-order valence-electron chi connectivity index (χ1n) is 7.07. The summed E-state index contributed by atoms with van der Waals surface area (Å²) < 4.78 is 2.06. The van der Waals surface area contributed by atoms with Crippen LogP contribution in [0.1, 0.15) is 6.42 Å². The molecule has 1 fully saturated rings. The molecule has 1 aromatic heterocycles. The molecule has 3 atom stereocenters. The first-order chi connectivity index (χ1) is 10.1. The van der Waals surface area contributed by atoms with Gasteiger partial charge in [0.25, 0.3) is 0 Å². The lowest BCUT2D eigenvalue weighted by Gasteiger charge is -2.38. The standard InChI is InChI=1S/C15H19N3O3/c1-17-8-11(15(20)21)14(19)6-10(17)7-18-9-16-12-4-2-3-5-13(12)18/h2-5,9-11,14,19H,6-8H2,1H3,(H,20,21). The number of para-hydroxylation sites is 2. The summed E-state index contributed by atoms with van der Waals surface area (Å²) in [5.74, 6) is -1.63. The Hall–Kier alpha value is -1.92. The van der Waals surface area contributed by atoms with Gasteiger partial charge in [0, 0.05) is 19.1 Å². The van der Waals surface area contributed by atoms with Crippen LogP contribution in [0.2, 0.25) is 0 Å². The van der Waals surface area contributed by atoms with Crippen LogP contribution < -0.4 is 0 Å². The van der Waals surface area contributed by atoms with E-state index in [1.54, 1.807) is 6.33 Å². The third kappa shape index (κ3) is 2.64. The maximum Gasteiger partial charge on any atom is 0.310 e. The number of carboxylic acids is 1. The van der Waals surface area contributed by atoms with Crippen LogP contribution in [0.25, 0.3) is 11.0 Å². The van der Waals surface area contributed by atoms with Crippen molar-refractivity contribution in [1.29, 1.82) is 0 Å². The number of likely N-dealkylation sites (N-methyl/N-ethyl adjacent to an activating group) is 1. The fourth-order valence-electron chi connectivity index (χ4n) is 3.04. The normalized spacial score (nSPS) is 27.0. The van der Waals surface area contributed by atoms with Crippen molar-refractivity contribution in [2.75, 3.05) is 13.6 Å². The van der Waals surface area contributed by atoms with Crippen LogP contribution in [0, 0.1) is 5.92 Å². The molecule has 3 unspecified atom stereocenters. The molecule has 2 heterocycles. The van der Waals surface area contributed by atoms with E-state index in [1.165, 1.54) is 0 Å². The van der Waals surface area contributed by atoms with Gasteiger partial charge in [-0.2, -0.15) is 0 Å². The van der Waals surface area contributed by atoms with Crippen LogP contribution in [-0.2, 0) is 11.3 Å². The van der Waals surface area contributed by atoms with E-state index in [4.69, 9.17) is 5.11 Å². The smallest absolute Gasteiger partial charge is 0.310 e. The monoisotopic (exact) mass is 289 g/mol. The molecule has 6 heteroatoms. The van der Waals surface area contributed by atoms with E-state index >= 15 is 0 Å². The number of aliphatic hydroxyl groups excluding tert-OH is 1. The van der Waals surface area contributed by atoms with Crippen LogP contribution in [0.15, 0.2) is 30.6 Å². The van der Waals surface area contributed by atoms with Gasteiger partial charge in [0.2, 0.25) is 0 Å². The lowest BCUT2D eigenvalue weighted by atomic mass is 9.90. The van der Waals surface area contributed by atoms with E-state index < -0.39 is 18.0 Å². The molecule has 0 saturated carbocycles. The van der Waals surface area contributed by atoms with Crippen LogP contribution in [-0.4, -0.2) is 56.4 Å². The number of nitrogens with zero attached hydrogens (tertiary/aromatic N) is 3. The topological polar surface area (TPSA) is 78.6 Å². The Kier molecular flexibility index (Phi) is 3.65. The zero-order chi connectivity index (χ0) is 15.0. The fourth-order valence-corrected chi connectivity index (χ4v) is 3.04. The van der Waals surface area contributed by atoms with Gasteiger partial charge in [0.1, 0.15) is 0 Å². The number of aromatic nitrogens is 2. The van der Waals surface area contributed by atoms with E-state index in [-0.39, 0.29) is 6.04 Å². The molecule has 112 valence electrons. The molecule has 3 rings (SSSR count). The Morgan fingerprint density at radius 3 is 2.95 bits per heavy atom. The number of likely N-dealkylation sites (tertiary alicyclic amines) is 1. The molecule has 0 aliphatic carbocycles. The Bertz CT molecular complexity index is 654. The molecule has 1 aliphatic heterocycles. The van der Waals surface area contributed by atoms with E-state index in [0.717, 1.165) is 11.0 Å². The van der Waals surface area contributed by atoms with Crippen molar-refractivity contribution in [2.24, 2.45) is 5.92 Å². The number of carbonyl (C=O) groups is 1. The number of benzene rings is 1. The number of imidazole rings is 1. The average molecular weight is 289 g/mol. The minimum Gasteiger partial charge on any atom is -0.481 e. The van der Waals surface area contributed by atoms with Crippen LogP contribution in [0.5, 0.6) is 0 Å². The number of fused-ring (bicyclic) bond motifs is 1. The quantitative estimate of drug-likeness (QED) is 0.874. The van der Waals surface area contributed by atoms with Crippen LogP contribution in [0.3, 0.4) is 0 Å². The molecule has 0 bridgehead atoms. The Morgan fingerprint density at radius 1 is 1.43 bits per heavy atom. The molecule has 1 saturated heterocycles. The highest BCUT2D eigenvalue weighted by molar-refractivity contribution is 5.75. The second-order valence-electron chi connectivity index (χ2n) is 5.73. The maximum absolute atomic E-state index is 11.1. The molecule has 2 aromatic rings. The number of carboxylic acid groups (broad SMARTS) is 1. The summed E-state index contributed by atoms with van der Waals surface area (Å²) in [6, 6.07) is 8.01. The van der Waals surface area contributed by atoms with Gasteiger partial charge in [0.05, 0.1) is 29.4 Å². The van der Waals surface area contributed by atoms with Crippen LogP contribution >= 0.6 is 0 Å². The zero-order valence-electron chi connectivity index (χ0n) is 11.9. The predicted molar refractivity (Wildman–Crippen MR) is 77.9 cm³/mol. The van der Waals surface area contributed by atoms with Crippen molar-refractivity contribution in [3.8, 4) is 0 Å².